The summed E-state index contributed by atoms with van der Waals surface area (Å²) in [5, 5.41) is 2.10. The Morgan fingerprint density at radius 1 is 1.19 bits per heavy atom. The van der Waals surface area contributed by atoms with Crippen LogP contribution in [0.15, 0.2) is 11.4 Å². The molecule has 3 fully saturated rings. The van der Waals surface area contributed by atoms with Crippen LogP contribution in [0.4, 0.5) is 0 Å². The van der Waals surface area contributed by atoms with Crippen LogP contribution in [0.3, 0.4) is 0 Å². The molecule has 1 aromatic rings. The molecule has 1 aliphatic carbocycles. The van der Waals surface area contributed by atoms with E-state index in [0.29, 0.717) is 11.9 Å². The number of thiophene rings is 1. The number of hydrogen-bond acceptors (Lipinski definition) is 4. The largest absolute Gasteiger partial charge is 0.339 e. The van der Waals surface area contributed by atoms with E-state index in [0.717, 1.165) is 50.3 Å². The Morgan fingerprint density at radius 3 is 2.73 bits per heavy atom. The van der Waals surface area contributed by atoms with E-state index in [4.69, 9.17) is 0 Å². The third-order valence-electron chi connectivity index (χ3n) is 6.62. The van der Waals surface area contributed by atoms with Crippen molar-refractivity contribution in [2.24, 2.45) is 5.41 Å². The third-order valence-corrected chi connectivity index (χ3v) is 7.70. The van der Waals surface area contributed by atoms with Gasteiger partial charge in [0.25, 0.3) is 0 Å². The van der Waals surface area contributed by atoms with Crippen LogP contribution in [0.2, 0.25) is 0 Å². The van der Waals surface area contributed by atoms with Gasteiger partial charge in [-0.15, -0.1) is 11.3 Å². The quantitative estimate of drug-likeness (QED) is 0.745. The third kappa shape index (κ3) is 3.48. The average molecular weight is 375 g/mol. The smallest absolute Gasteiger partial charge is 0.230 e. The number of nitrogens with zero attached hydrogens (tertiary/aromatic N) is 2. The summed E-state index contributed by atoms with van der Waals surface area (Å²) < 4.78 is 0. The van der Waals surface area contributed by atoms with Gasteiger partial charge in [-0.1, -0.05) is 19.3 Å². The molecule has 1 atom stereocenters. The number of piperidine rings is 1. The van der Waals surface area contributed by atoms with Crippen molar-refractivity contribution in [1.29, 1.82) is 0 Å². The molecule has 3 aliphatic rings. The predicted octanol–water partition coefficient (Wildman–Crippen LogP) is 4.10. The zero-order chi connectivity index (χ0) is 18.1. The second-order valence-electron chi connectivity index (χ2n) is 8.51. The fraction of sp³-hybridized carbons (Fsp3) is 0.714. The number of amides is 1. The molecule has 2 aliphatic heterocycles. The lowest BCUT2D eigenvalue weighted by Gasteiger charge is -2.44. The molecule has 26 heavy (non-hydrogen) atoms. The Hall–Kier alpha value is -1.20. The molecule has 4 nitrogen and oxygen atoms in total. The number of likely N-dealkylation sites (tertiary alicyclic amines) is 2. The highest BCUT2D eigenvalue weighted by Gasteiger charge is 2.49. The highest BCUT2D eigenvalue weighted by molar-refractivity contribution is 7.12. The lowest BCUT2D eigenvalue weighted by Crippen LogP contribution is -2.54. The van der Waals surface area contributed by atoms with Gasteiger partial charge < -0.3 is 4.90 Å². The SMILES string of the molecule is CC(=O)c1cc(CN2CC[C@@]3(CCCN(C4CCCCC4)C3=O)C2)cs1. The topological polar surface area (TPSA) is 40.6 Å². The van der Waals surface area contributed by atoms with Crippen LogP contribution in [0, 0.1) is 5.41 Å². The van der Waals surface area contributed by atoms with Crippen LogP contribution in [-0.4, -0.2) is 47.2 Å². The molecule has 1 amide bonds. The molecule has 1 spiro atoms. The van der Waals surface area contributed by atoms with E-state index < -0.39 is 0 Å². The standard InChI is InChI=1S/C21H30N2O2S/c1-16(24)19-12-17(14-26-19)13-22-11-9-21(15-22)8-5-10-23(20(21)25)18-6-3-2-4-7-18/h12,14,18H,2-11,13,15H2,1H3/t21-/m0/s1. The van der Waals surface area contributed by atoms with Crippen LogP contribution in [0.25, 0.3) is 0 Å². The van der Waals surface area contributed by atoms with E-state index >= 15 is 0 Å². The lowest BCUT2D eigenvalue weighted by molar-refractivity contribution is -0.149. The highest BCUT2D eigenvalue weighted by atomic mass is 32.1. The van der Waals surface area contributed by atoms with Gasteiger partial charge in [0.2, 0.25) is 5.91 Å². The Bertz CT molecular complexity index is 679. The summed E-state index contributed by atoms with van der Waals surface area (Å²) >= 11 is 1.54. The van der Waals surface area contributed by atoms with Crippen molar-refractivity contribution in [2.45, 2.75) is 70.9 Å². The number of carbonyl (C=O) groups excluding carboxylic acids is 2. The van der Waals surface area contributed by atoms with Crippen LogP contribution in [0.5, 0.6) is 0 Å². The maximum Gasteiger partial charge on any atom is 0.230 e. The van der Waals surface area contributed by atoms with Gasteiger partial charge in [0, 0.05) is 25.7 Å². The Kier molecular flexibility index (Phi) is 5.20. The maximum atomic E-state index is 13.4. The zero-order valence-electron chi connectivity index (χ0n) is 15.8. The normalized spacial score (nSPS) is 28.2. The summed E-state index contributed by atoms with van der Waals surface area (Å²) in [6.07, 6.45) is 9.51. The van der Waals surface area contributed by atoms with Crippen molar-refractivity contribution in [3.63, 3.8) is 0 Å². The molecule has 3 heterocycles. The van der Waals surface area contributed by atoms with E-state index in [1.807, 2.05) is 6.07 Å². The van der Waals surface area contributed by atoms with Crippen LogP contribution in [-0.2, 0) is 11.3 Å². The lowest BCUT2D eigenvalue weighted by atomic mass is 9.77. The Balaban J connectivity index is 1.42. The fourth-order valence-corrected chi connectivity index (χ4v) is 6.02. The first-order valence-electron chi connectivity index (χ1n) is 10.2. The maximum absolute atomic E-state index is 13.4. The van der Waals surface area contributed by atoms with E-state index in [1.54, 1.807) is 6.92 Å². The highest BCUT2D eigenvalue weighted by Crippen LogP contribution is 2.42. The molecule has 0 N–H and O–H groups in total. The molecule has 0 radical (unpaired) electrons. The number of carbonyl (C=O) groups is 2. The number of rotatable bonds is 4. The van der Waals surface area contributed by atoms with Crippen molar-refractivity contribution in [2.75, 3.05) is 19.6 Å². The summed E-state index contributed by atoms with van der Waals surface area (Å²) in [4.78, 5) is 30.4. The van der Waals surface area contributed by atoms with Crippen LogP contribution >= 0.6 is 11.3 Å². The van der Waals surface area contributed by atoms with Gasteiger partial charge in [-0.05, 0) is 62.6 Å². The summed E-state index contributed by atoms with van der Waals surface area (Å²) in [6.45, 7) is 5.34. The van der Waals surface area contributed by atoms with Gasteiger partial charge in [0.1, 0.15) is 0 Å². The van der Waals surface area contributed by atoms with Crippen LogP contribution in [0.1, 0.15) is 73.5 Å². The molecular formula is C21H30N2O2S. The van der Waals surface area contributed by atoms with Gasteiger partial charge in [0.05, 0.1) is 10.3 Å². The molecule has 0 bridgehead atoms. The molecule has 2 saturated heterocycles. The summed E-state index contributed by atoms with van der Waals surface area (Å²) in [6, 6.07) is 2.52. The second-order valence-corrected chi connectivity index (χ2v) is 9.42. The zero-order valence-corrected chi connectivity index (χ0v) is 16.7. The van der Waals surface area contributed by atoms with Crippen LogP contribution < -0.4 is 0 Å². The van der Waals surface area contributed by atoms with E-state index in [-0.39, 0.29) is 11.2 Å². The molecule has 1 aromatic heterocycles. The molecule has 142 valence electrons. The van der Waals surface area contributed by atoms with Gasteiger partial charge in [-0.2, -0.15) is 0 Å². The molecular weight excluding hydrogens is 344 g/mol. The minimum atomic E-state index is -0.144. The van der Waals surface area contributed by atoms with Crippen molar-refractivity contribution in [3.05, 3.63) is 21.9 Å². The molecule has 0 aromatic carbocycles. The molecule has 4 rings (SSSR count). The molecule has 0 unspecified atom stereocenters. The first kappa shape index (κ1) is 18.2. The van der Waals surface area contributed by atoms with Crippen molar-refractivity contribution >= 4 is 23.0 Å². The average Bonchev–Trinajstić information content (AvgIpc) is 3.27. The van der Waals surface area contributed by atoms with Gasteiger partial charge in [-0.25, -0.2) is 0 Å². The monoisotopic (exact) mass is 374 g/mol. The van der Waals surface area contributed by atoms with Gasteiger partial charge >= 0.3 is 0 Å². The number of Topliss-reactive ketones (excluding diaryl/α,β-unsaturated/α-hetero) is 1. The van der Waals surface area contributed by atoms with E-state index in [9.17, 15) is 9.59 Å². The predicted molar refractivity (Wildman–Crippen MR) is 104 cm³/mol. The molecule has 1 saturated carbocycles. The number of ketones is 1. The summed E-state index contributed by atoms with van der Waals surface area (Å²) in [7, 11) is 0. The first-order valence-corrected chi connectivity index (χ1v) is 11.1. The minimum Gasteiger partial charge on any atom is -0.339 e. The van der Waals surface area contributed by atoms with Crippen molar-refractivity contribution in [3.8, 4) is 0 Å². The summed E-state index contributed by atoms with van der Waals surface area (Å²) in [5.41, 5.74) is 1.07. The summed E-state index contributed by atoms with van der Waals surface area (Å²) in [5.74, 6) is 0.581. The minimum absolute atomic E-state index is 0.143. The first-order chi connectivity index (χ1) is 12.6. The number of hydrogen-bond donors (Lipinski definition) is 0. The van der Waals surface area contributed by atoms with Crippen molar-refractivity contribution < 1.29 is 9.59 Å². The van der Waals surface area contributed by atoms with Gasteiger partial charge in [0.15, 0.2) is 5.78 Å². The van der Waals surface area contributed by atoms with E-state index in [1.165, 1.54) is 49.0 Å². The van der Waals surface area contributed by atoms with Gasteiger partial charge in [-0.3, -0.25) is 14.5 Å². The fourth-order valence-electron chi connectivity index (χ4n) is 5.22. The Labute approximate surface area is 160 Å². The van der Waals surface area contributed by atoms with Crippen molar-refractivity contribution in [1.82, 2.24) is 9.80 Å². The molecule has 5 heteroatoms. The Morgan fingerprint density at radius 2 is 2.00 bits per heavy atom. The second kappa shape index (κ2) is 7.43. The van der Waals surface area contributed by atoms with E-state index in [2.05, 4.69) is 15.2 Å².